The van der Waals surface area contributed by atoms with Gasteiger partial charge in [-0.05, 0) is 178 Å². The zero-order valence-corrected chi connectivity index (χ0v) is 40.9. The van der Waals surface area contributed by atoms with E-state index in [1.54, 1.807) is 0 Å². The molecule has 0 spiro atoms. The van der Waals surface area contributed by atoms with Crippen molar-refractivity contribution in [3.05, 3.63) is 253 Å². The number of benzene rings is 13. The minimum Gasteiger partial charge on any atom is -0.0616 e. The molecule has 0 atom stereocenters. The van der Waals surface area contributed by atoms with Gasteiger partial charge in [-0.3, -0.25) is 0 Å². The number of hydrogen-bond acceptors (Lipinski definition) is 0. The predicted molar refractivity (Wildman–Crippen MR) is 308 cm³/mol. The van der Waals surface area contributed by atoms with Crippen LogP contribution in [0.3, 0.4) is 0 Å². The van der Waals surface area contributed by atoms with E-state index in [4.69, 9.17) is 0 Å². The molecule has 0 heteroatoms. The van der Waals surface area contributed by atoms with Crippen LogP contribution in [-0.4, -0.2) is 0 Å². The fourth-order valence-corrected chi connectivity index (χ4v) is 13.5. The third kappa shape index (κ3) is 5.64. The van der Waals surface area contributed by atoms with Gasteiger partial charge in [0.25, 0.3) is 0 Å². The van der Waals surface area contributed by atoms with E-state index in [9.17, 15) is 0 Å². The monoisotopic (exact) mass is 914 g/mol. The van der Waals surface area contributed by atoms with Crippen LogP contribution in [0.4, 0.5) is 0 Å². The number of fused-ring (bicyclic) bond motifs is 16. The topological polar surface area (TPSA) is 0 Å². The van der Waals surface area contributed by atoms with Gasteiger partial charge in [-0.2, -0.15) is 0 Å². The minimum absolute atomic E-state index is 0.235. The summed E-state index contributed by atoms with van der Waals surface area (Å²) < 4.78 is 0. The van der Waals surface area contributed by atoms with Crippen molar-refractivity contribution in [2.45, 2.75) is 38.5 Å². The van der Waals surface area contributed by atoms with Crippen molar-refractivity contribution < 1.29 is 0 Å². The average molecular weight is 915 g/mol. The standard InChI is InChI=1S/C72H50/c1-71(2)63-39-59(51-25-9-13-29-55(51)67(63)69-57-31-15-11-27-53(57)61(41-65(69)71)49-33-17-21-43-19-5-7-23-47(43)49)45-35-37-46(38-36-45)60-40-64-68(56-30-14-10-26-52(56)60)70-58-32-16-12-28-54(58)62(42-66(70)72(64,3)4)50-34-18-22-44-20-6-8-24-48(44)50/h5-42H,1-4H3. The molecule has 2 aliphatic rings. The Kier molecular flexibility index (Phi) is 8.57. The normalized spacial score (nSPS) is 14.1. The highest BCUT2D eigenvalue weighted by molar-refractivity contribution is 6.20. The highest BCUT2D eigenvalue weighted by atomic mass is 14.4. The molecule has 0 N–H and O–H groups in total. The van der Waals surface area contributed by atoms with Crippen molar-refractivity contribution >= 4 is 64.6 Å². The van der Waals surface area contributed by atoms with E-state index in [0.29, 0.717) is 0 Å². The van der Waals surface area contributed by atoms with E-state index >= 15 is 0 Å². The Morgan fingerprint density at radius 3 is 0.792 bits per heavy atom. The molecule has 0 bridgehead atoms. The van der Waals surface area contributed by atoms with Crippen LogP contribution in [-0.2, 0) is 10.8 Å². The van der Waals surface area contributed by atoms with Crippen molar-refractivity contribution in [2.24, 2.45) is 0 Å². The Balaban J connectivity index is 0.881. The van der Waals surface area contributed by atoms with Gasteiger partial charge in [0.1, 0.15) is 0 Å². The summed E-state index contributed by atoms with van der Waals surface area (Å²) in [6.07, 6.45) is 0. The first-order valence-electron chi connectivity index (χ1n) is 25.6. The molecule has 2 aliphatic carbocycles. The smallest absolute Gasteiger partial charge is 0.0159 e. The quantitative estimate of drug-likeness (QED) is 0.165. The molecular formula is C72H50. The SMILES string of the molecule is CC1(C)c2cc(-c3ccc(-c4cc5c(c6ccccc46)-c4c(cc(-c6cccc7ccccc67)c6ccccc46)C5(C)C)cc3)c3ccccc3c2-c2c1cc(-c1cccc3ccccc13)c1ccccc21. The molecule has 0 fully saturated rings. The van der Waals surface area contributed by atoms with Crippen molar-refractivity contribution in [1.29, 1.82) is 0 Å². The Morgan fingerprint density at radius 2 is 0.458 bits per heavy atom. The maximum absolute atomic E-state index is 2.53. The van der Waals surface area contributed by atoms with E-state index in [-0.39, 0.29) is 10.8 Å². The summed E-state index contributed by atoms with van der Waals surface area (Å²) in [6.45, 7) is 9.75. The van der Waals surface area contributed by atoms with Crippen LogP contribution in [0.2, 0.25) is 0 Å². The van der Waals surface area contributed by atoms with E-state index < -0.39 is 0 Å². The zero-order chi connectivity index (χ0) is 48.0. The van der Waals surface area contributed by atoms with Crippen LogP contribution >= 0.6 is 0 Å². The Hall–Kier alpha value is -8.58. The van der Waals surface area contributed by atoms with Crippen LogP contribution in [0.1, 0.15) is 49.9 Å². The molecule has 13 aromatic carbocycles. The fraction of sp³-hybridized carbons (Fsp3) is 0.0833. The van der Waals surface area contributed by atoms with Gasteiger partial charge in [0.15, 0.2) is 0 Å². The lowest BCUT2D eigenvalue weighted by Crippen LogP contribution is -2.15. The second kappa shape index (κ2) is 15.0. The first kappa shape index (κ1) is 41.2. The molecule has 0 saturated heterocycles. The highest BCUT2D eigenvalue weighted by Crippen LogP contribution is 2.59. The predicted octanol–water partition coefficient (Wildman–Crippen LogP) is 19.9. The fourth-order valence-electron chi connectivity index (χ4n) is 13.5. The summed E-state index contributed by atoms with van der Waals surface area (Å²) in [5.41, 5.74) is 20.8. The first-order valence-corrected chi connectivity index (χ1v) is 25.6. The summed E-state index contributed by atoms with van der Waals surface area (Å²) in [7, 11) is 0. The number of rotatable bonds is 4. The molecule has 0 heterocycles. The third-order valence-electron chi connectivity index (χ3n) is 17.0. The van der Waals surface area contributed by atoms with Crippen LogP contribution in [0.5, 0.6) is 0 Å². The van der Waals surface area contributed by atoms with Crippen molar-refractivity contribution in [3.63, 3.8) is 0 Å². The molecule has 0 radical (unpaired) electrons. The second-order valence-electron chi connectivity index (χ2n) is 21.4. The van der Waals surface area contributed by atoms with Crippen molar-refractivity contribution in [3.8, 4) is 66.8 Å². The summed E-state index contributed by atoms with van der Waals surface area (Å²) in [4.78, 5) is 0. The molecule has 15 rings (SSSR count). The molecule has 0 saturated carbocycles. The van der Waals surface area contributed by atoms with E-state index in [1.165, 1.54) is 154 Å². The van der Waals surface area contributed by atoms with E-state index in [0.717, 1.165) is 0 Å². The Morgan fingerprint density at radius 1 is 0.208 bits per heavy atom. The molecule has 13 aromatic rings. The van der Waals surface area contributed by atoms with Crippen molar-refractivity contribution in [1.82, 2.24) is 0 Å². The Bertz CT molecular complexity index is 4180. The van der Waals surface area contributed by atoms with Gasteiger partial charge in [0, 0.05) is 10.8 Å². The molecule has 0 nitrogen and oxygen atoms in total. The van der Waals surface area contributed by atoms with Crippen LogP contribution < -0.4 is 0 Å². The van der Waals surface area contributed by atoms with Gasteiger partial charge >= 0.3 is 0 Å². The lowest BCUT2D eigenvalue weighted by Gasteiger charge is -2.24. The maximum atomic E-state index is 2.53. The molecule has 72 heavy (non-hydrogen) atoms. The average Bonchev–Trinajstić information content (AvgIpc) is 3.81. The summed E-state index contributed by atoms with van der Waals surface area (Å²) in [5.74, 6) is 0. The lowest BCUT2D eigenvalue weighted by molar-refractivity contribution is 0.661. The van der Waals surface area contributed by atoms with E-state index in [2.05, 4.69) is 258 Å². The Labute approximate surface area is 420 Å². The van der Waals surface area contributed by atoms with E-state index in [1.807, 2.05) is 0 Å². The first-order chi connectivity index (χ1) is 35.3. The van der Waals surface area contributed by atoms with Gasteiger partial charge in [-0.1, -0.05) is 234 Å². The van der Waals surface area contributed by atoms with Gasteiger partial charge in [0.05, 0.1) is 0 Å². The lowest BCUT2D eigenvalue weighted by atomic mass is 9.79. The largest absolute Gasteiger partial charge is 0.0616 e. The third-order valence-corrected chi connectivity index (χ3v) is 17.0. The van der Waals surface area contributed by atoms with Gasteiger partial charge in [-0.15, -0.1) is 0 Å². The molecule has 0 aliphatic heterocycles. The molecular weight excluding hydrogens is 865 g/mol. The summed E-state index contributed by atoms with van der Waals surface area (Å²) in [5, 5.41) is 15.5. The maximum Gasteiger partial charge on any atom is 0.0159 e. The van der Waals surface area contributed by atoms with Crippen LogP contribution in [0.15, 0.2) is 231 Å². The van der Waals surface area contributed by atoms with Crippen LogP contribution in [0, 0.1) is 0 Å². The molecule has 0 unspecified atom stereocenters. The second-order valence-corrected chi connectivity index (χ2v) is 21.4. The van der Waals surface area contributed by atoms with Crippen molar-refractivity contribution in [2.75, 3.05) is 0 Å². The number of hydrogen-bond donors (Lipinski definition) is 0. The van der Waals surface area contributed by atoms with Gasteiger partial charge in [0.2, 0.25) is 0 Å². The molecule has 0 aromatic heterocycles. The molecule has 0 amide bonds. The summed E-state index contributed by atoms with van der Waals surface area (Å²) >= 11 is 0. The summed E-state index contributed by atoms with van der Waals surface area (Å²) in [6, 6.07) is 87.1. The minimum atomic E-state index is -0.235. The zero-order valence-electron chi connectivity index (χ0n) is 40.9. The highest BCUT2D eigenvalue weighted by Gasteiger charge is 2.41. The molecule has 338 valence electrons. The van der Waals surface area contributed by atoms with Gasteiger partial charge in [-0.25, -0.2) is 0 Å². The van der Waals surface area contributed by atoms with Gasteiger partial charge < -0.3 is 0 Å². The van der Waals surface area contributed by atoms with Crippen LogP contribution in [0.25, 0.3) is 131 Å².